The summed E-state index contributed by atoms with van der Waals surface area (Å²) in [7, 11) is 2.04. The van der Waals surface area contributed by atoms with Crippen LogP contribution in [-0.4, -0.2) is 95.8 Å². The number of carbonyl (C=O) groups excluding carboxylic acids is 3. The number of anilines is 3. The highest BCUT2D eigenvalue weighted by Crippen LogP contribution is 2.25. The van der Waals surface area contributed by atoms with Gasteiger partial charge in [-0.05, 0) is 160 Å². The smallest absolute Gasteiger partial charge is 0.241 e. The molecule has 2 aliphatic heterocycles. The maximum atomic E-state index is 12.7. The molecule has 342 valence electrons. The van der Waals surface area contributed by atoms with Crippen molar-refractivity contribution in [2.75, 3.05) is 55.7 Å². The minimum atomic E-state index is -0.0426. The maximum absolute atomic E-state index is 12.7. The molecule has 3 aromatic carbocycles. The zero-order chi connectivity index (χ0) is 43.5. The van der Waals surface area contributed by atoms with Crippen LogP contribution in [0.3, 0.4) is 0 Å². The Morgan fingerprint density at radius 1 is 0.639 bits per heavy atom. The largest absolute Gasteiger partial charge is 0.412 e. The van der Waals surface area contributed by atoms with Gasteiger partial charge in [0.1, 0.15) is 0 Å². The average Bonchev–Trinajstić information content (AvgIpc) is 3.22. The molecule has 0 bridgehead atoms. The van der Waals surface area contributed by atoms with E-state index in [0.29, 0.717) is 0 Å². The van der Waals surface area contributed by atoms with E-state index in [1.807, 2.05) is 77.2 Å². The highest BCUT2D eigenvalue weighted by molar-refractivity contribution is 5.97. The number of rotatable bonds is 14. The molecule has 3 aromatic rings. The van der Waals surface area contributed by atoms with Crippen molar-refractivity contribution in [3.63, 3.8) is 0 Å². The van der Waals surface area contributed by atoms with Crippen LogP contribution in [0.2, 0.25) is 0 Å². The second kappa shape index (κ2) is 28.7. The number of benzene rings is 3. The Morgan fingerprint density at radius 2 is 1.07 bits per heavy atom. The van der Waals surface area contributed by atoms with E-state index in [2.05, 4.69) is 84.3 Å². The van der Waals surface area contributed by atoms with Gasteiger partial charge < -0.3 is 21.4 Å². The number of amides is 3. The molecule has 0 spiro atoms. The average molecular weight is 866 g/mol. The molecule has 0 radical (unpaired) electrons. The third-order valence-corrected chi connectivity index (χ3v) is 12.0. The van der Waals surface area contributed by atoms with E-state index >= 15 is 0 Å². The Labute approximate surface area is 375 Å². The molecule has 5 N–H and O–H groups in total. The molecule has 3 amide bonds. The van der Waals surface area contributed by atoms with Crippen molar-refractivity contribution >= 4 is 47.2 Å². The number of piperidine rings is 2. The van der Waals surface area contributed by atoms with Gasteiger partial charge in [-0.2, -0.15) is 0 Å². The molecule has 2 saturated heterocycles. The van der Waals surface area contributed by atoms with E-state index in [-0.39, 0.29) is 53.7 Å². The molecule has 0 aromatic heterocycles. The fraction of sp³-hybridized carbons (Fsp3) is 0.580. The summed E-state index contributed by atoms with van der Waals surface area (Å²) in [5.74, 6) is 0.415. The molecule has 61 heavy (non-hydrogen) atoms. The lowest BCUT2D eigenvalue weighted by atomic mass is 10.00. The van der Waals surface area contributed by atoms with Crippen LogP contribution >= 0.6 is 12.4 Å². The van der Waals surface area contributed by atoms with Crippen molar-refractivity contribution in [3.8, 4) is 0 Å². The summed E-state index contributed by atoms with van der Waals surface area (Å²) in [6.07, 6.45) is 10.9. The van der Waals surface area contributed by atoms with E-state index in [4.69, 9.17) is 0 Å². The fourth-order valence-corrected chi connectivity index (χ4v) is 8.41. The second-order valence-corrected chi connectivity index (χ2v) is 16.7. The van der Waals surface area contributed by atoms with Gasteiger partial charge >= 0.3 is 0 Å². The number of nitrogens with one attached hydrogen (secondary N) is 3. The summed E-state index contributed by atoms with van der Waals surface area (Å²) in [4.78, 5) is 44.4. The van der Waals surface area contributed by atoms with Gasteiger partial charge in [-0.15, -0.1) is 12.4 Å². The lowest BCUT2D eigenvalue weighted by Gasteiger charge is -2.34. The minimum Gasteiger partial charge on any atom is -0.412 e. The number of halogens is 1. The first-order valence-electron chi connectivity index (χ1n) is 22.6. The van der Waals surface area contributed by atoms with Gasteiger partial charge in [-0.25, -0.2) is 0 Å². The van der Waals surface area contributed by atoms with E-state index in [1.54, 1.807) is 0 Å². The van der Waals surface area contributed by atoms with Gasteiger partial charge in [0.05, 0.1) is 18.1 Å². The summed E-state index contributed by atoms with van der Waals surface area (Å²) in [6.45, 7) is 25.8. The number of likely N-dealkylation sites (tertiary alicyclic amines) is 2. The number of hydrogen-bond donors (Lipinski definition) is 3. The van der Waals surface area contributed by atoms with E-state index in [9.17, 15) is 14.4 Å². The molecule has 3 unspecified atom stereocenters. The number of hydrogen-bond acceptors (Lipinski definition) is 6. The second-order valence-electron chi connectivity index (χ2n) is 16.7. The molecule has 0 saturated carbocycles. The molecule has 2 heterocycles. The van der Waals surface area contributed by atoms with Crippen LogP contribution in [0.25, 0.3) is 0 Å². The molecule has 2 fully saturated rings. The van der Waals surface area contributed by atoms with Gasteiger partial charge in [0.2, 0.25) is 17.7 Å². The number of likely N-dealkylation sites (N-methyl/N-ethyl adjacent to an activating group) is 2. The predicted octanol–water partition coefficient (Wildman–Crippen LogP) is 9.97. The lowest BCUT2D eigenvalue weighted by molar-refractivity contribution is -0.123. The topological polar surface area (TPSA) is 129 Å². The van der Waals surface area contributed by atoms with Gasteiger partial charge in [0, 0.05) is 17.1 Å². The molecular weight excluding hydrogens is 784 g/mol. The van der Waals surface area contributed by atoms with E-state index in [0.717, 1.165) is 122 Å². The summed E-state index contributed by atoms with van der Waals surface area (Å²) in [6, 6.07) is 18.4. The monoisotopic (exact) mass is 865 g/mol. The first-order valence-corrected chi connectivity index (χ1v) is 22.6. The fourth-order valence-electron chi connectivity index (χ4n) is 8.41. The van der Waals surface area contributed by atoms with Crippen molar-refractivity contribution in [3.05, 3.63) is 88.0 Å². The number of carbonyl (C=O) groups is 3. The first kappa shape index (κ1) is 55.2. The van der Waals surface area contributed by atoms with Gasteiger partial charge in [0.25, 0.3) is 0 Å². The van der Waals surface area contributed by atoms with Gasteiger partial charge in [0.15, 0.2) is 0 Å². The number of nitrogens with zero attached hydrogens (tertiary/aromatic N) is 3. The van der Waals surface area contributed by atoms with Crippen LogP contribution in [-0.2, 0) is 14.4 Å². The van der Waals surface area contributed by atoms with Crippen LogP contribution in [0.4, 0.5) is 17.1 Å². The zero-order valence-electron chi connectivity index (χ0n) is 39.5. The SMILES string of the molecule is CCCCN1CCCCC1C(=O)Nc1c(C)cccc1C.CCCN(CC)C(CC)C(=O)Nc1c(C)cccc1C.Cc1cccc(C)c1NC(=O)C1CCCCN1C.Cl.O. The lowest BCUT2D eigenvalue weighted by Crippen LogP contribution is -2.47. The van der Waals surface area contributed by atoms with Crippen LogP contribution in [0.1, 0.15) is 125 Å². The predicted molar refractivity (Wildman–Crippen MR) is 261 cm³/mol. The normalized spacial score (nSPS) is 16.9. The third-order valence-electron chi connectivity index (χ3n) is 12.0. The van der Waals surface area contributed by atoms with Crippen molar-refractivity contribution < 1.29 is 19.9 Å². The van der Waals surface area contributed by atoms with Crippen molar-refractivity contribution in [1.29, 1.82) is 0 Å². The number of aryl methyl sites for hydroxylation is 6. The Kier molecular flexibility index (Phi) is 26.0. The summed E-state index contributed by atoms with van der Waals surface area (Å²) in [5, 5.41) is 9.39. The van der Waals surface area contributed by atoms with Crippen LogP contribution in [0, 0.1) is 41.5 Å². The van der Waals surface area contributed by atoms with Crippen LogP contribution in [0.5, 0.6) is 0 Å². The van der Waals surface area contributed by atoms with Crippen LogP contribution in [0.15, 0.2) is 54.6 Å². The Bertz CT molecular complexity index is 1730. The first-order chi connectivity index (χ1) is 28.3. The van der Waals surface area contributed by atoms with E-state index < -0.39 is 0 Å². The van der Waals surface area contributed by atoms with Gasteiger partial charge in [-0.3, -0.25) is 29.1 Å². The summed E-state index contributed by atoms with van der Waals surface area (Å²) in [5.41, 5.74) is 9.69. The molecule has 3 atom stereocenters. The quantitative estimate of drug-likeness (QED) is 0.148. The highest BCUT2D eigenvalue weighted by atomic mass is 35.5. The number of para-hydroxylation sites is 3. The molecule has 2 aliphatic rings. The molecule has 0 aliphatic carbocycles. The molecule has 11 heteroatoms. The summed E-state index contributed by atoms with van der Waals surface area (Å²) >= 11 is 0. The molecule has 5 rings (SSSR count). The zero-order valence-corrected chi connectivity index (χ0v) is 40.3. The summed E-state index contributed by atoms with van der Waals surface area (Å²) < 4.78 is 0. The Balaban J connectivity index is 0.000000451. The maximum Gasteiger partial charge on any atom is 0.241 e. The molecule has 10 nitrogen and oxygen atoms in total. The third kappa shape index (κ3) is 16.8. The van der Waals surface area contributed by atoms with E-state index in [1.165, 1.54) is 25.7 Å². The Hall–Kier alpha value is -3.80. The minimum absolute atomic E-state index is 0. The highest BCUT2D eigenvalue weighted by Gasteiger charge is 2.29. The van der Waals surface area contributed by atoms with Crippen LogP contribution < -0.4 is 16.0 Å². The number of unbranched alkanes of at least 4 members (excludes halogenated alkanes) is 1. The van der Waals surface area contributed by atoms with Gasteiger partial charge in [-0.1, -0.05) is 102 Å². The van der Waals surface area contributed by atoms with Crippen molar-refractivity contribution in [1.82, 2.24) is 14.7 Å². The van der Waals surface area contributed by atoms with Crippen molar-refractivity contribution in [2.24, 2.45) is 0 Å². The Morgan fingerprint density at radius 3 is 1.48 bits per heavy atom. The van der Waals surface area contributed by atoms with Crippen molar-refractivity contribution in [2.45, 2.75) is 152 Å². The standard InChI is InChI=1S/C18H28N2O.C17H28N2O.C15H22N2O.ClH.H2O/c1-4-5-12-20-13-7-6-11-16(20)18(21)19-17-14(2)9-8-10-15(17)3;1-6-12-19(8-3)15(7-2)17(20)18-16-13(4)10-9-11-14(16)5;1-11-7-6-8-12(2)14(11)16-15(18)13-9-4-5-10-17(13)3;;/h8-10,16H,4-7,11-13H2,1-3H3,(H,19,21);9-11,15H,6-8,12H2,1-5H3,(H,18,20);6-8,13H,4-5,9-10H2,1-3H3,(H,16,18);1H;1H2. The molecular formula is C50H81ClN6O4.